The number of aromatic nitrogens is 1. The maximum atomic E-state index is 9.89. The Labute approximate surface area is 105 Å². The molecule has 0 aliphatic carbocycles. The first-order valence-corrected chi connectivity index (χ1v) is 5.68. The highest BCUT2D eigenvalue weighted by Crippen LogP contribution is 2.29. The highest BCUT2D eigenvalue weighted by atomic mass is 16.5. The molecule has 5 nitrogen and oxygen atoms in total. The third-order valence-electron chi connectivity index (χ3n) is 2.59. The predicted molar refractivity (Wildman–Crippen MR) is 66.4 cm³/mol. The second-order valence-electron chi connectivity index (χ2n) is 4.01. The Morgan fingerprint density at radius 1 is 1.39 bits per heavy atom. The van der Waals surface area contributed by atoms with E-state index in [1.165, 1.54) is 7.11 Å². The molecule has 96 valence electrons. The minimum atomic E-state index is 0.168. The molecule has 1 aromatic heterocycles. The second-order valence-corrected chi connectivity index (χ2v) is 4.01. The Bertz CT molecular complexity index is 523. The number of benzene rings is 1. The maximum absolute atomic E-state index is 9.89. The topological polar surface area (TPSA) is 67.5 Å². The highest BCUT2D eigenvalue weighted by Gasteiger charge is 2.07. The first kappa shape index (κ1) is 12.4. The minimum absolute atomic E-state index is 0.168. The lowest BCUT2D eigenvalue weighted by molar-refractivity contribution is 0.363. The Hall–Kier alpha value is -2.01. The van der Waals surface area contributed by atoms with Crippen LogP contribution in [0.2, 0.25) is 0 Å². The summed E-state index contributed by atoms with van der Waals surface area (Å²) in [4.78, 5) is 0. The minimum Gasteiger partial charge on any atom is -0.504 e. The number of phenols is 1. The van der Waals surface area contributed by atoms with Gasteiger partial charge in [-0.1, -0.05) is 17.3 Å². The fourth-order valence-corrected chi connectivity index (χ4v) is 1.70. The first-order chi connectivity index (χ1) is 8.70. The van der Waals surface area contributed by atoms with Gasteiger partial charge >= 0.3 is 0 Å². The van der Waals surface area contributed by atoms with E-state index in [9.17, 15) is 5.11 Å². The third kappa shape index (κ3) is 2.81. The third-order valence-corrected chi connectivity index (χ3v) is 2.59. The summed E-state index contributed by atoms with van der Waals surface area (Å²) in [5, 5.41) is 16.9. The van der Waals surface area contributed by atoms with Gasteiger partial charge in [-0.25, -0.2) is 0 Å². The SMILES string of the molecule is COc1cccc(CNCc2cc(C)no2)c1O. The Morgan fingerprint density at radius 3 is 2.89 bits per heavy atom. The number of ether oxygens (including phenoxy) is 1. The maximum Gasteiger partial charge on any atom is 0.162 e. The van der Waals surface area contributed by atoms with Crippen molar-refractivity contribution in [1.82, 2.24) is 10.5 Å². The molecule has 2 rings (SSSR count). The summed E-state index contributed by atoms with van der Waals surface area (Å²) >= 11 is 0. The monoisotopic (exact) mass is 248 g/mol. The largest absolute Gasteiger partial charge is 0.504 e. The van der Waals surface area contributed by atoms with Crippen LogP contribution in [0.5, 0.6) is 11.5 Å². The zero-order valence-corrected chi connectivity index (χ0v) is 10.4. The van der Waals surface area contributed by atoms with Crippen LogP contribution < -0.4 is 10.1 Å². The molecule has 0 saturated carbocycles. The summed E-state index contributed by atoms with van der Waals surface area (Å²) in [5.41, 5.74) is 1.64. The van der Waals surface area contributed by atoms with Crippen molar-refractivity contribution in [2.75, 3.05) is 7.11 Å². The van der Waals surface area contributed by atoms with Gasteiger partial charge in [0.25, 0.3) is 0 Å². The predicted octanol–water partition coefficient (Wildman–Crippen LogP) is 1.99. The van der Waals surface area contributed by atoms with E-state index in [1.807, 2.05) is 25.1 Å². The van der Waals surface area contributed by atoms with Crippen molar-refractivity contribution in [3.05, 3.63) is 41.3 Å². The molecule has 0 radical (unpaired) electrons. The van der Waals surface area contributed by atoms with E-state index in [1.54, 1.807) is 6.07 Å². The summed E-state index contributed by atoms with van der Waals surface area (Å²) in [6, 6.07) is 7.28. The van der Waals surface area contributed by atoms with Gasteiger partial charge in [-0.3, -0.25) is 0 Å². The standard InChI is InChI=1S/C13H16N2O3/c1-9-6-11(18-15-9)8-14-7-10-4-3-5-12(17-2)13(10)16/h3-6,14,16H,7-8H2,1-2H3. The van der Waals surface area contributed by atoms with Crippen LogP contribution >= 0.6 is 0 Å². The molecule has 0 fully saturated rings. The first-order valence-electron chi connectivity index (χ1n) is 5.68. The molecule has 2 N–H and O–H groups in total. The molecule has 0 amide bonds. The van der Waals surface area contributed by atoms with Crippen molar-refractivity contribution < 1.29 is 14.4 Å². The average Bonchev–Trinajstić information content (AvgIpc) is 2.77. The van der Waals surface area contributed by atoms with Crippen LogP contribution in [0, 0.1) is 6.92 Å². The molecule has 0 bridgehead atoms. The van der Waals surface area contributed by atoms with E-state index in [4.69, 9.17) is 9.26 Å². The number of aryl methyl sites for hydroxylation is 1. The van der Waals surface area contributed by atoms with Gasteiger partial charge in [-0.2, -0.15) is 0 Å². The molecular formula is C13H16N2O3. The second kappa shape index (κ2) is 5.55. The van der Waals surface area contributed by atoms with Crippen LogP contribution in [0.1, 0.15) is 17.0 Å². The number of hydrogen-bond donors (Lipinski definition) is 2. The van der Waals surface area contributed by atoms with E-state index in [-0.39, 0.29) is 5.75 Å². The van der Waals surface area contributed by atoms with Gasteiger partial charge in [0.1, 0.15) is 0 Å². The summed E-state index contributed by atoms with van der Waals surface area (Å²) in [6.07, 6.45) is 0. The van der Waals surface area contributed by atoms with E-state index in [2.05, 4.69) is 10.5 Å². The van der Waals surface area contributed by atoms with E-state index in [0.717, 1.165) is 17.0 Å². The van der Waals surface area contributed by atoms with E-state index >= 15 is 0 Å². The van der Waals surface area contributed by atoms with Crippen LogP contribution in [0.15, 0.2) is 28.8 Å². The van der Waals surface area contributed by atoms with E-state index in [0.29, 0.717) is 18.8 Å². The van der Waals surface area contributed by atoms with Crippen molar-refractivity contribution in [3.8, 4) is 11.5 Å². The number of methoxy groups -OCH3 is 1. The molecule has 0 aliphatic rings. The van der Waals surface area contributed by atoms with Crippen molar-refractivity contribution in [1.29, 1.82) is 0 Å². The molecule has 1 heterocycles. The van der Waals surface area contributed by atoms with E-state index < -0.39 is 0 Å². The Kier molecular flexibility index (Phi) is 3.84. The Balaban J connectivity index is 1.94. The van der Waals surface area contributed by atoms with Gasteiger partial charge in [-0.15, -0.1) is 0 Å². The van der Waals surface area contributed by atoms with Gasteiger partial charge in [0.2, 0.25) is 0 Å². The number of nitrogens with one attached hydrogen (secondary N) is 1. The molecule has 0 saturated heterocycles. The molecule has 5 heteroatoms. The molecule has 18 heavy (non-hydrogen) atoms. The average molecular weight is 248 g/mol. The lowest BCUT2D eigenvalue weighted by atomic mass is 10.2. The van der Waals surface area contributed by atoms with Crippen LogP contribution in [0.3, 0.4) is 0 Å². The van der Waals surface area contributed by atoms with Gasteiger partial charge in [0.15, 0.2) is 17.3 Å². The van der Waals surface area contributed by atoms with Gasteiger partial charge in [0.05, 0.1) is 19.3 Å². The lowest BCUT2D eigenvalue weighted by Crippen LogP contribution is -2.12. The summed E-state index contributed by atoms with van der Waals surface area (Å²) in [5.74, 6) is 1.42. The quantitative estimate of drug-likeness (QED) is 0.847. The summed E-state index contributed by atoms with van der Waals surface area (Å²) < 4.78 is 10.1. The van der Waals surface area contributed by atoms with Crippen molar-refractivity contribution in [2.24, 2.45) is 0 Å². The van der Waals surface area contributed by atoms with Gasteiger partial charge in [-0.05, 0) is 13.0 Å². The molecule has 2 aromatic rings. The zero-order valence-electron chi connectivity index (χ0n) is 10.4. The smallest absolute Gasteiger partial charge is 0.162 e. The highest BCUT2D eigenvalue weighted by molar-refractivity contribution is 5.45. The number of hydrogen-bond acceptors (Lipinski definition) is 5. The normalized spacial score (nSPS) is 10.6. The summed E-state index contributed by atoms with van der Waals surface area (Å²) in [6.45, 7) is 2.97. The molecule has 1 aromatic carbocycles. The zero-order chi connectivity index (χ0) is 13.0. The summed E-state index contributed by atoms with van der Waals surface area (Å²) in [7, 11) is 1.53. The fourth-order valence-electron chi connectivity index (χ4n) is 1.70. The van der Waals surface area contributed by atoms with Crippen LogP contribution in [0.4, 0.5) is 0 Å². The van der Waals surface area contributed by atoms with Crippen LogP contribution in [0.25, 0.3) is 0 Å². The molecular weight excluding hydrogens is 232 g/mol. The number of nitrogens with zero attached hydrogens (tertiary/aromatic N) is 1. The van der Waals surface area contributed by atoms with Crippen molar-refractivity contribution in [2.45, 2.75) is 20.0 Å². The van der Waals surface area contributed by atoms with Crippen LogP contribution in [-0.2, 0) is 13.1 Å². The van der Waals surface area contributed by atoms with Crippen molar-refractivity contribution >= 4 is 0 Å². The molecule has 0 aliphatic heterocycles. The molecule has 0 unspecified atom stereocenters. The Morgan fingerprint density at radius 2 is 2.22 bits per heavy atom. The molecule has 0 spiro atoms. The van der Waals surface area contributed by atoms with Gasteiger partial charge < -0.3 is 19.7 Å². The number of aromatic hydroxyl groups is 1. The number of rotatable bonds is 5. The number of para-hydroxylation sites is 1. The number of phenolic OH excluding ortho intramolecular Hbond substituents is 1. The van der Waals surface area contributed by atoms with Crippen molar-refractivity contribution in [3.63, 3.8) is 0 Å². The molecule has 0 atom stereocenters. The van der Waals surface area contributed by atoms with Crippen LogP contribution in [-0.4, -0.2) is 17.4 Å². The fraction of sp³-hybridized carbons (Fsp3) is 0.308. The lowest BCUT2D eigenvalue weighted by Gasteiger charge is -2.08. The van der Waals surface area contributed by atoms with Gasteiger partial charge in [0, 0.05) is 18.2 Å².